The molecule has 4 nitrogen and oxygen atoms in total. The maximum absolute atomic E-state index is 11.7. The number of ether oxygens (including phenoxy) is 2. The van der Waals surface area contributed by atoms with E-state index < -0.39 is 0 Å². The van der Waals surface area contributed by atoms with Crippen LogP contribution < -0.4 is 14.4 Å². The number of allylic oxidation sites excluding steroid dienone is 2. The Morgan fingerprint density at radius 2 is 1.87 bits per heavy atom. The van der Waals surface area contributed by atoms with E-state index in [9.17, 15) is 4.79 Å². The number of hydrogen-bond acceptors (Lipinski definition) is 4. The van der Waals surface area contributed by atoms with E-state index in [-0.39, 0.29) is 5.78 Å². The van der Waals surface area contributed by atoms with E-state index in [1.165, 1.54) is 12.8 Å². The molecule has 0 aromatic heterocycles. The number of carbonyl (C=O) groups is 1. The summed E-state index contributed by atoms with van der Waals surface area (Å²) in [5.74, 6) is 1.78. The molecule has 0 saturated heterocycles. The molecule has 0 heterocycles. The highest BCUT2D eigenvalue weighted by Crippen LogP contribution is 2.36. The zero-order valence-corrected chi connectivity index (χ0v) is 14.0. The molecule has 23 heavy (non-hydrogen) atoms. The second kappa shape index (κ2) is 7.07. The van der Waals surface area contributed by atoms with E-state index in [0.29, 0.717) is 12.5 Å². The second-order valence-electron chi connectivity index (χ2n) is 6.37. The average molecular weight is 315 g/mol. The van der Waals surface area contributed by atoms with Gasteiger partial charge in [-0.3, -0.25) is 4.79 Å². The molecule has 0 N–H and O–H groups in total. The van der Waals surface area contributed by atoms with Gasteiger partial charge in [0.05, 0.1) is 13.2 Å². The lowest BCUT2D eigenvalue weighted by molar-refractivity contribution is -0.115. The molecule has 124 valence electrons. The van der Waals surface area contributed by atoms with Gasteiger partial charge in [0.15, 0.2) is 17.3 Å². The molecule has 1 saturated carbocycles. The quantitative estimate of drug-likeness (QED) is 0.820. The minimum absolute atomic E-state index is 0.217. The average Bonchev–Trinajstić information content (AvgIpc) is 3.07. The molecule has 1 fully saturated rings. The van der Waals surface area contributed by atoms with Crippen LogP contribution in [0.1, 0.15) is 44.9 Å². The van der Waals surface area contributed by atoms with Crippen LogP contribution in [-0.4, -0.2) is 26.0 Å². The van der Waals surface area contributed by atoms with Gasteiger partial charge in [0, 0.05) is 37.0 Å². The highest BCUT2D eigenvalue weighted by molar-refractivity contribution is 5.91. The monoisotopic (exact) mass is 315 g/mol. The van der Waals surface area contributed by atoms with Crippen LogP contribution in [0.15, 0.2) is 30.0 Å². The highest BCUT2D eigenvalue weighted by Gasteiger charge is 2.20. The summed E-state index contributed by atoms with van der Waals surface area (Å²) in [6.07, 6.45) is 9.29. The number of carbonyl (C=O) groups excluding carboxylic acids is 1. The Labute approximate surface area is 138 Å². The fourth-order valence-corrected chi connectivity index (χ4v) is 3.36. The van der Waals surface area contributed by atoms with Crippen LogP contribution in [0.4, 0.5) is 5.69 Å². The Morgan fingerprint density at radius 3 is 2.57 bits per heavy atom. The van der Waals surface area contributed by atoms with Gasteiger partial charge in [0.2, 0.25) is 0 Å². The van der Waals surface area contributed by atoms with Gasteiger partial charge < -0.3 is 14.4 Å². The van der Waals surface area contributed by atoms with Crippen molar-refractivity contribution in [2.45, 2.75) is 51.0 Å². The fourth-order valence-electron chi connectivity index (χ4n) is 3.36. The van der Waals surface area contributed by atoms with Crippen LogP contribution in [0, 0.1) is 0 Å². The summed E-state index contributed by atoms with van der Waals surface area (Å²) in [6.45, 7) is 0. The van der Waals surface area contributed by atoms with Crippen molar-refractivity contribution in [1.29, 1.82) is 0 Å². The van der Waals surface area contributed by atoms with Crippen LogP contribution in [0.5, 0.6) is 11.5 Å². The standard InChI is InChI=1S/C19H25NO3/c1-20(14-6-5-7-16(21)12-14)15-10-11-18(22-2)19(13-15)23-17-8-3-4-9-17/h10-13,17H,3-9H2,1-2H3. The second-order valence-corrected chi connectivity index (χ2v) is 6.37. The minimum Gasteiger partial charge on any atom is -0.493 e. The summed E-state index contributed by atoms with van der Waals surface area (Å²) >= 11 is 0. The Bertz CT molecular complexity index is 603. The third kappa shape index (κ3) is 3.69. The van der Waals surface area contributed by atoms with Crippen molar-refractivity contribution in [1.82, 2.24) is 0 Å². The lowest BCUT2D eigenvalue weighted by Crippen LogP contribution is -2.20. The van der Waals surface area contributed by atoms with E-state index in [4.69, 9.17) is 9.47 Å². The molecule has 0 radical (unpaired) electrons. The summed E-state index contributed by atoms with van der Waals surface area (Å²) in [4.78, 5) is 13.7. The van der Waals surface area contributed by atoms with Crippen LogP contribution in [0.3, 0.4) is 0 Å². The lowest BCUT2D eigenvalue weighted by Gasteiger charge is -2.26. The molecule has 0 aliphatic heterocycles. The number of nitrogens with zero attached hydrogens (tertiary/aromatic N) is 1. The molecular weight excluding hydrogens is 290 g/mol. The molecule has 3 rings (SSSR count). The van der Waals surface area contributed by atoms with Gasteiger partial charge in [0.1, 0.15) is 0 Å². The Kier molecular flexibility index (Phi) is 4.89. The summed E-state index contributed by atoms with van der Waals surface area (Å²) in [5.41, 5.74) is 2.10. The minimum atomic E-state index is 0.217. The van der Waals surface area contributed by atoms with E-state index in [0.717, 1.165) is 48.6 Å². The van der Waals surface area contributed by atoms with Crippen LogP contribution in [0.25, 0.3) is 0 Å². The highest BCUT2D eigenvalue weighted by atomic mass is 16.5. The van der Waals surface area contributed by atoms with E-state index >= 15 is 0 Å². The van der Waals surface area contributed by atoms with Crippen LogP contribution >= 0.6 is 0 Å². The summed E-state index contributed by atoms with van der Waals surface area (Å²) in [5, 5.41) is 0. The third-order valence-electron chi connectivity index (χ3n) is 4.74. The first-order valence-electron chi connectivity index (χ1n) is 8.49. The van der Waals surface area contributed by atoms with Gasteiger partial charge in [-0.15, -0.1) is 0 Å². The normalized spacial score (nSPS) is 18.7. The van der Waals surface area contributed by atoms with E-state index in [2.05, 4.69) is 4.90 Å². The van der Waals surface area contributed by atoms with Gasteiger partial charge >= 0.3 is 0 Å². The largest absolute Gasteiger partial charge is 0.493 e. The summed E-state index contributed by atoms with van der Waals surface area (Å²) in [6, 6.07) is 5.98. The number of anilines is 1. The van der Waals surface area contributed by atoms with Crippen molar-refractivity contribution in [3.63, 3.8) is 0 Å². The zero-order valence-electron chi connectivity index (χ0n) is 14.0. The molecular formula is C19H25NO3. The lowest BCUT2D eigenvalue weighted by atomic mass is 10.0. The van der Waals surface area contributed by atoms with Crippen molar-refractivity contribution in [2.75, 3.05) is 19.1 Å². The molecule has 2 aliphatic carbocycles. The molecule has 0 amide bonds. The zero-order chi connectivity index (χ0) is 16.2. The molecule has 2 aliphatic rings. The topological polar surface area (TPSA) is 38.8 Å². The Balaban J connectivity index is 1.83. The number of rotatable bonds is 5. The van der Waals surface area contributed by atoms with Crippen LogP contribution in [-0.2, 0) is 4.79 Å². The van der Waals surface area contributed by atoms with Gasteiger partial charge in [-0.1, -0.05) is 0 Å². The summed E-state index contributed by atoms with van der Waals surface area (Å²) < 4.78 is 11.6. The van der Waals surface area contributed by atoms with Crippen molar-refractivity contribution < 1.29 is 14.3 Å². The number of benzene rings is 1. The molecule has 0 spiro atoms. The number of methoxy groups -OCH3 is 1. The molecule has 0 bridgehead atoms. The maximum atomic E-state index is 11.7. The van der Waals surface area contributed by atoms with E-state index in [1.807, 2.05) is 25.2 Å². The smallest absolute Gasteiger partial charge is 0.163 e. The summed E-state index contributed by atoms with van der Waals surface area (Å²) in [7, 11) is 3.67. The third-order valence-corrected chi connectivity index (χ3v) is 4.74. The predicted octanol–water partition coefficient (Wildman–Crippen LogP) is 4.09. The first-order chi connectivity index (χ1) is 11.2. The Morgan fingerprint density at radius 1 is 1.09 bits per heavy atom. The molecule has 0 unspecified atom stereocenters. The van der Waals surface area contributed by atoms with Gasteiger partial charge in [-0.05, 0) is 50.7 Å². The first kappa shape index (κ1) is 15.9. The van der Waals surface area contributed by atoms with Gasteiger partial charge in [-0.25, -0.2) is 0 Å². The SMILES string of the molecule is COc1ccc(N(C)C2=CC(=O)CCC2)cc1OC1CCCC1. The van der Waals surface area contributed by atoms with Gasteiger partial charge in [0.25, 0.3) is 0 Å². The fraction of sp³-hybridized carbons (Fsp3) is 0.526. The van der Waals surface area contributed by atoms with Crippen molar-refractivity contribution in [3.05, 3.63) is 30.0 Å². The number of hydrogen-bond donors (Lipinski definition) is 0. The molecule has 4 heteroatoms. The van der Waals surface area contributed by atoms with E-state index in [1.54, 1.807) is 13.2 Å². The van der Waals surface area contributed by atoms with Gasteiger partial charge in [-0.2, -0.15) is 0 Å². The molecule has 1 aromatic rings. The molecule has 1 aromatic carbocycles. The Hall–Kier alpha value is -1.97. The first-order valence-corrected chi connectivity index (χ1v) is 8.49. The van der Waals surface area contributed by atoms with Crippen molar-refractivity contribution in [3.8, 4) is 11.5 Å². The number of ketones is 1. The van der Waals surface area contributed by atoms with Crippen molar-refractivity contribution in [2.24, 2.45) is 0 Å². The molecule has 0 atom stereocenters. The van der Waals surface area contributed by atoms with Crippen LogP contribution in [0.2, 0.25) is 0 Å². The maximum Gasteiger partial charge on any atom is 0.163 e. The predicted molar refractivity (Wildman–Crippen MR) is 91.2 cm³/mol. The van der Waals surface area contributed by atoms with Crippen molar-refractivity contribution >= 4 is 11.5 Å².